The largest absolute Gasteiger partial charge is 0.478 e. The number of aromatic nitrogens is 2. The standard InChI is InChI=1S/C17H19N3O2/c1-10-11(2)20-13(8-14(10)17(21)22)9-19-15-6-5-12-4-3-7-18-16(12)15/h3-4,7-8,15,19H,5-6,9H2,1-2H3,(H,21,22). The van der Waals surface area contributed by atoms with Gasteiger partial charge in [-0.2, -0.15) is 0 Å². The first-order valence-electron chi connectivity index (χ1n) is 7.44. The van der Waals surface area contributed by atoms with Gasteiger partial charge in [0.25, 0.3) is 0 Å². The summed E-state index contributed by atoms with van der Waals surface area (Å²) < 4.78 is 0. The van der Waals surface area contributed by atoms with Gasteiger partial charge in [-0.1, -0.05) is 6.07 Å². The van der Waals surface area contributed by atoms with Gasteiger partial charge in [0.2, 0.25) is 0 Å². The van der Waals surface area contributed by atoms with Crippen molar-refractivity contribution < 1.29 is 9.90 Å². The van der Waals surface area contributed by atoms with Gasteiger partial charge in [0.1, 0.15) is 0 Å². The van der Waals surface area contributed by atoms with Gasteiger partial charge in [-0.3, -0.25) is 9.97 Å². The van der Waals surface area contributed by atoms with E-state index >= 15 is 0 Å². The maximum atomic E-state index is 11.3. The predicted octanol–water partition coefficient (Wildman–Crippen LogP) is 2.57. The third-order valence-corrected chi connectivity index (χ3v) is 4.29. The third-order valence-electron chi connectivity index (χ3n) is 4.29. The lowest BCUT2D eigenvalue weighted by atomic mass is 10.1. The van der Waals surface area contributed by atoms with E-state index in [0.717, 1.165) is 35.5 Å². The van der Waals surface area contributed by atoms with Crippen LogP contribution in [-0.4, -0.2) is 21.0 Å². The lowest BCUT2D eigenvalue weighted by Crippen LogP contribution is -2.21. The number of nitrogens with zero attached hydrogens (tertiary/aromatic N) is 2. The Bertz CT molecular complexity index is 728. The number of nitrogens with one attached hydrogen (secondary N) is 1. The zero-order valence-corrected chi connectivity index (χ0v) is 12.8. The van der Waals surface area contributed by atoms with Gasteiger partial charge < -0.3 is 10.4 Å². The van der Waals surface area contributed by atoms with E-state index < -0.39 is 5.97 Å². The molecule has 1 atom stereocenters. The second kappa shape index (κ2) is 5.85. The van der Waals surface area contributed by atoms with E-state index in [1.165, 1.54) is 5.56 Å². The van der Waals surface area contributed by atoms with Crippen LogP contribution in [0.4, 0.5) is 0 Å². The van der Waals surface area contributed by atoms with Crippen LogP contribution in [0.15, 0.2) is 24.4 Å². The molecule has 5 nitrogen and oxygen atoms in total. The minimum absolute atomic E-state index is 0.216. The maximum Gasteiger partial charge on any atom is 0.336 e. The first kappa shape index (κ1) is 14.7. The molecule has 0 spiro atoms. The summed E-state index contributed by atoms with van der Waals surface area (Å²) in [6.07, 6.45) is 3.86. The van der Waals surface area contributed by atoms with E-state index in [2.05, 4.69) is 21.4 Å². The molecule has 0 radical (unpaired) electrons. The Kier molecular flexibility index (Phi) is 3.90. The molecule has 2 heterocycles. The molecule has 0 aromatic carbocycles. The first-order chi connectivity index (χ1) is 10.6. The second-order valence-corrected chi connectivity index (χ2v) is 5.70. The Labute approximate surface area is 129 Å². The highest BCUT2D eigenvalue weighted by atomic mass is 16.4. The summed E-state index contributed by atoms with van der Waals surface area (Å²) in [5, 5.41) is 12.7. The SMILES string of the molecule is Cc1nc(CNC2CCc3cccnc32)cc(C(=O)O)c1C. The Morgan fingerprint density at radius 1 is 1.45 bits per heavy atom. The molecule has 22 heavy (non-hydrogen) atoms. The van der Waals surface area contributed by atoms with Gasteiger partial charge in [-0.15, -0.1) is 0 Å². The van der Waals surface area contributed by atoms with Crippen LogP contribution < -0.4 is 5.32 Å². The van der Waals surface area contributed by atoms with E-state index in [-0.39, 0.29) is 6.04 Å². The van der Waals surface area contributed by atoms with Crippen LogP contribution in [0.1, 0.15) is 51.0 Å². The van der Waals surface area contributed by atoms with Crippen LogP contribution in [0.2, 0.25) is 0 Å². The number of carbonyl (C=O) groups is 1. The summed E-state index contributed by atoms with van der Waals surface area (Å²) in [6, 6.07) is 5.95. The minimum atomic E-state index is -0.905. The fourth-order valence-electron chi connectivity index (χ4n) is 2.95. The topological polar surface area (TPSA) is 75.1 Å². The van der Waals surface area contributed by atoms with Crippen LogP contribution in [0.5, 0.6) is 0 Å². The summed E-state index contributed by atoms with van der Waals surface area (Å²) in [4.78, 5) is 20.2. The number of carboxylic acid groups (broad SMARTS) is 1. The summed E-state index contributed by atoms with van der Waals surface area (Å²) in [5.41, 5.74) is 4.97. The molecule has 2 N–H and O–H groups in total. The number of carboxylic acids is 1. The van der Waals surface area contributed by atoms with Crippen molar-refractivity contribution in [1.82, 2.24) is 15.3 Å². The Balaban J connectivity index is 1.77. The van der Waals surface area contributed by atoms with Crippen LogP contribution in [0, 0.1) is 13.8 Å². The molecule has 114 valence electrons. The number of hydrogen-bond acceptors (Lipinski definition) is 4. The molecule has 0 bridgehead atoms. The van der Waals surface area contributed by atoms with Gasteiger partial charge in [0.15, 0.2) is 0 Å². The van der Waals surface area contributed by atoms with Crippen molar-refractivity contribution in [3.05, 3.63) is 58.2 Å². The highest BCUT2D eigenvalue weighted by Gasteiger charge is 2.23. The van der Waals surface area contributed by atoms with Gasteiger partial charge >= 0.3 is 5.97 Å². The van der Waals surface area contributed by atoms with Crippen molar-refractivity contribution in [2.45, 2.75) is 39.3 Å². The molecule has 1 aliphatic carbocycles. The molecule has 1 aliphatic rings. The molecule has 2 aromatic heterocycles. The molecular weight excluding hydrogens is 278 g/mol. The zero-order chi connectivity index (χ0) is 15.7. The van der Waals surface area contributed by atoms with Crippen LogP contribution >= 0.6 is 0 Å². The highest BCUT2D eigenvalue weighted by Crippen LogP contribution is 2.29. The number of aryl methyl sites for hydroxylation is 2. The van der Waals surface area contributed by atoms with Gasteiger partial charge in [-0.05, 0) is 49.9 Å². The average molecular weight is 297 g/mol. The highest BCUT2D eigenvalue weighted by molar-refractivity contribution is 5.89. The number of hydrogen-bond donors (Lipinski definition) is 2. The molecule has 5 heteroatoms. The van der Waals surface area contributed by atoms with Crippen LogP contribution in [0.3, 0.4) is 0 Å². The van der Waals surface area contributed by atoms with E-state index in [0.29, 0.717) is 12.1 Å². The first-order valence-corrected chi connectivity index (χ1v) is 7.44. The second-order valence-electron chi connectivity index (χ2n) is 5.70. The van der Waals surface area contributed by atoms with Crippen molar-refractivity contribution in [2.24, 2.45) is 0 Å². The molecule has 0 fully saturated rings. The molecule has 0 amide bonds. The molecule has 3 rings (SSSR count). The lowest BCUT2D eigenvalue weighted by molar-refractivity contribution is 0.0695. The number of rotatable bonds is 4. The fraction of sp³-hybridized carbons (Fsp3) is 0.353. The summed E-state index contributed by atoms with van der Waals surface area (Å²) in [5.74, 6) is -0.905. The molecule has 0 saturated carbocycles. The molecule has 1 unspecified atom stereocenters. The predicted molar refractivity (Wildman–Crippen MR) is 82.8 cm³/mol. The van der Waals surface area contributed by atoms with Crippen molar-refractivity contribution in [3.63, 3.8) is 0 Å². The van der Waals surface area contributed by atoms with Crippen LogP contribution in [-0.2, 0) is 13.0 Å². The van der Waals surface area contributed by atoms with Gasteiger partial charge in [0.05, 0.1) is 23.0 Å². The van der Waals surface area contributed by atoms with Crippen molar-refractivity contribution >= 4 is 5.97 Å². The number of pyridine rings is 2. The summed E-state index contributed by atoms with van der Waals surface area (Å²) >= 11 is 0. The van der Waals surface area contributed by atoms with Crippen molar-refractivity contribution in [3.8, 4) is 0 Å². The van der Waals surface area contributed by atoms with Crippen molar-refractivity contribution in [1.29, 1.82) is 0 Å². The number of fused-ring (bicyclic) bond motifs is 1. The number of aromatic carboxylic acids is 1. The monoisotopic (exact) mass is 297 g/mol. The quantitative estimate of drug-likeness (QED) is 0.907. The van der Waals surface area contributed by atoms with Gasteiger partial charge in [-0.25, -0.2) is 4.79 Å². The van der Waals surface area contributed by atoms with E-state index in [9.17, 15) is 9.90 Å². The Hall–Kier alpha value is -2.27. The molecule has 0 aliphatic heterocycles. The molecule has 2 aromatic rings. The maximum absolute atomic E-state index is 11.3. The van der Waals surface area contributed by atoms with Crippen LogP contribution in [0.25, 0.3) is 0 Å². The lowest BCUT2D eigenvalue weighted by Gasteiger charge is -2.14. The fourth-order valence-corrected chi connectivity index (χ4v) is 2.95. The summed E-state index contributed by atoms with van der Waals surface area (Å²) in [6.45, 7) is 4.18. The normalized spacial score (nSPS) is 16.5. The smallest absolute Gasteiger partial charge is 0.336 e. The zero-order valence-electron chi connectivity index (χ0n) is 12.8. The van der Waals surface area contributed by atoms with E-state index in [4.69, 9.17) is 0 Å². The third kappa shape index (κ3) is 2.72. The van der Waals surface area contributed by atoms with Gasteiger partial charge in [0, 0.05) is 18.4 Å². The van der Waals surface area contributed by atoms with E-state index in [1.807, 2.05) is 19.2 Å². The summed E-state index contributed by atoms with van der Waals surface area (Å²) in [7, 11) is 0. The average Bonchev–Trinajstić information content (AvgIpc) is 2.91. The Morgan fingerprint density at radius 2 is 2.27 bits per heavy atom. The van der Waals surface area contributed by atoms with Crippen molar-refractivity contribution in [2.75, 3.05) is 0 Å². The van der Waals surface area contributed by atoms with E-state index in [1.54, 1.807) is 13.0 Å². The Morgan fingerprint density at radius 3 is 3.05 bits per heavy atom. The molecular formula is C17H19N3O2. The molecule has 0 saturated heterocycles. The minimum Gasteiger partial charge on any atom is -0.478 e.